The van der Waals surface area contributed by atoms with Crippen LogP contribution in [-0.2, 0) is 4.79 Å². The zero-order valence-electron chi connectivity index (χ0n) is 10.00. The van der Waals surface area contributed by atoms with Gasteiger partial charge in [-0.15, -0.1) is 0 Å². The van der Waals surface area contributed by atoms with Crippen LogP contribution in [0.25, 0.3) is 0 Å². The van der Waals surface area contributed by atoms with Crippen molar-refractivity contribution in [1.29, 1.82) is 0 Å². The fourth-order valence-electron chi connectivity index (χ4n) is 1.16. The Labute approximate surface area is 90.5 Å². The Morgan fingerprint density at radius 2 is 1.87 bits per heavy atom. The molecule has 5 nitrogen and oxygen atoms in total. The molecule has 0 saturated heterocycles. The molecule has 0 saturated carbocycles. The first kappa shape index (κ1) is 13.7. The number of carbonyl (C=O) groups excluding carboxylic acids is 1. The van der Waals surface area contributed by atoms with Crippen LogP contribution >= 0.6 is 0 Å². The average molecular weight is 216 g/mol. The molecule has 15 heavy (non-hydrogen) atoms. The zero-order chi connectivity index (χ0) is 12.2. The maximum atomic E-state index is 11.6. The van der Waals surface area contributed by atoms with Gasteiger partial charge in [-0.3, -0.25) is 0 Å². The molecule has 0 aliphatic carbocycles. The van der Waals surface area contributed by atoms with Gasteiger partial charge in [0.25, 0.3) is 0 Å². The molecule has 0 aromatic heterocycles. The van der Waals surface area contributed by atoms with Gasteiger partial charge in [-0.1, -0.05) is 6.92 Å². The minimum atomic E-state index is -0.982. The van der Waals surface area contributed by atoms with Crippen molar-refractivity contribution in [2.24, 2.45) is 0 Å². The summed E-state index contributed by atoms with van der Waals surface area (Å²) in [4.78, 5) is 23.7. The number of urea groups is 1. The SMILES string of the molecule is CCC(C(=O)O)N(C)C(=O)NC(C)(C)C. The van der Waals surface area contributed by atoms with Crippen molar-refractivity contribution < 1.29 is 14.7 Å². The number of nitrogens with zero attached hydrogens (tertiary/aromatic N) is 1. The van der Waals surface area contributed by atoms with Crippen LogP contribution in [0.1, 0.15) is 34.1 Å². The molecular weight excluding hydrogens is 196 g/mol. The van der Waals surface area contributed by atoms with Gasteiger partial charge in [-0.2, -0.15) is 0 Å². The first-order valence-electron chi connectivity index (χ1n) is 4.96. The first-order valence-corrected chi connectivity index (χ1v) is 4.96. The number of rotatable bonds is 3. The highest BCUT2D eigenvalue weighted by Gasteiger charge is 2.26. The summed E-state index contributed by atoms with van der Waals surface area (Å²) in [7, 11) is 1.49. The first-order chi connectivity index (χ1) is 6.69. The van der Waals surface area contributed by atoms with Crippen LogP contribution in [0.3, 0.4) is 0 Å². The molecule has 0 spiro atoms. The smallest absolute Gasteiger partial charge is 0.326 e. The third-order valence-electron chi connectivity index (χ3n) is 1.94. The monoisotopic (exact) mass is 216 g/mol. The predicted octanol–water partition coefficient (Wildman–Crippen LogP) is 1.29. The Kier molecular flexibility index (Phi) is 4.58. The van der Waals surface area contributed by atoms with Gasteiger partial charge in [0.05, 0.1) is 0 Å². The van der Waals surface area contributed by atoms with Gasteiger partial charge in [-0.05, 0) is 27.2 Å². The summed E-state index contributed by atoms with van der Waals surface area (Å²) in [6, 6.07) is -1.14. The molecule has 0 aliphatic heterocycles. The molecule has 0 heterocycles. The summed E-state index contributed by atoms with van der Waals surface area (Å²) in [5.74, 6) is -0.982. The average Bonchev–Trinajstić information content (AvgIpc) is 2.01. The number of carboxylic acids is 1. The minimum Gasteiger partial charge on any atom is -0.480 e. The molecule has 0 aliphatic rings. The lowest BCUT2D eigenvalue weighted by Gasteiger charge is -2.28. The molecule has 1 unspecified atom stereocenters. The Hall–Kier alpha value is -1.26. The minimum absolute atomic E-state index is 0.359. The van der Waals surface area contributed by atoms with Crippen LogP contribution in [0.15, 0.2) is 0 Å². The van der Waals surface area contributed by atoms with Crippen molar-refractivity contribution >= 4 is 12.0 Å². The van der Waals surface area contributed by atoms with Gasteiger partial charge in [0, 0.05) is 12.6 Å². The third kappa shape index (κ3) is 4.67. The van der Waals surface area contributed by atoms with Crippen molar-refractivity contribution in [2.45, 2.75) is 45.7 Å². The van der Waals surface area contributed by atoms with Crippen molar-refractivity contribution in [1.82, 2.24) is 10.2 Å². The number of amides is 2. The highest BCUT2D eigenvalue weighted by molar-refractivity contribution is 5.82. The molecular formula is C10H20N2O3. The zero-order valence-corrected chi connectivity index (χ0v) is 10.00. The maximum absolute atomic E-state index is 11.6. The van der Waals surface area contributed by atoms with Gasteiger partial charge in [0.1, 0.15) is 6.04 Å². The molecule has 0 aromatic carbocycles. The van der Waals surface area contributed by atoms with E-state index in [2.05, 4.69) is 5.32 Å². The van der Waals surface area contributed by atoms with E-state index >= 15 is 0 Å². The molecule has 2 N–H and O–H groups in total. The predicted molar refractivity (Wildman–Crippen MR) is 57.8 cm³/mol. The number of hydrogen-bond donors (Lipinski definition) is 2. The van der Waals surface area contributed by atoms with Gasteiger partial charge in [0.15, 0.2) is 0 Å². The third-order valence-corrected chi connectivity index (χ3v) is 1.94. The molecule has 1 atom stereocenters. The molecule has 0 fully saturated rings. The van der Waals surface area contributed by atoms with Crippen LogP contribution < -0.4 is 5.32 Å². The topological polar surface area (TPSA) is 69.6 Å². The van der Waals surface area contributed by atoms with Crippen LogP contribution in [0.4, 0.5) is 4.79 Å². The molecule has 0 bridgehead atoms. The van der Waals surface area contributed by atoms with Crippen LogP contribution in [0.2, 0.25) is 0 Å². The van der Waals surface area contributed by atoms with E-state index in [1.807, 2.05) is 20.8 Å². The van der Waals surface area contributed by atoms with Gasteiger partial charge >= 0.3 is 12.0 Å². The Balaban J connectivity index is 4.49. The van der Waals surface area contributed by atoms with Crippen LogP contribution in [0, 0.1) is 0 Å². The molecule has 88 valence electrons. The number of carboxylic acid groups (broad SMARTS) is 1. The van der Waals surface area contributed by atoms with E-state index < -0.39 is 12.0 Å². The Bertz CT molecular complexity index is 246. The van der Waals surface area contributed by atoms with E-state index in [1.165, 1.54) is 11.9 Å². The van der Waals surface area contributed by atoms with Crippen molar-refractivity contribution in [3.8, 4) is 0 Å². The van der Waals surface area contributed by atoms with E-state index in [4.69, 9.17) is 5.11 Å². The Morgan fingerprint density at radius 3 is 2.13 bits per heavy atom. The maximum Gasteiger partial charge on any atom is 0.326 e. The van der Waals surface area contributed by atoms with Gasteiger partial charge in [0.2, 0.25) is 0 Å². The lowest BCUT2D eigenvalue weighted by molar-refractivity contribution is -0.141. The number of nitrogens with one attached hydrogen (secondary N) is 1. The number of aliphatic carboxylic acids is 1. The summed E-state index contributed by atoms with van der Waals surface area (Å²) >= 11 is 0. The molecule has 0 aromatic rings. The van der Waals surface area contributed by atoms with Crippen molar-refractivity contribution in [3.05, 3.63) is 0 Å². The number of hydrogen-bond acceptors (Lipinski definition) is 2. The van der Waals surface area contributed by atoms with Crippen LogP contribution in [-0.4, -0.2) is 40.6 Å². The molecule has 0 radical (unpaired) electrons. The standard InChI is InChI=1S/C10H20N2O3/c1-6-7(8(13)14)12(5)9(15)11-10(2,3)4/h7H,6H2,1-5H3,(H,11,15)(H,13,14). The molecule has 0 rings (SSSR count). The Morgan fingerprint density at radius 1 is 1.40 bits per heavy atom. The van der Waals surface area contributed by atoms with E-state index in [9.17, 15) is 9.59 Å². The summed E-state index contributed by atoms with van der Waals surface area (Å²) in [5.41, 5.74) is -0.359. The number of likely N-dealkylation sites (N-methyl/N-ethyl adjacent to an activating group) is 1. The summed E-state index contributed by atoms with van der Waals surface area (Å²) in [6.07, 6.45) is 0.392. The molecule has 5 heteroatoms. The highest BCUT2D eigenvalue weighted by atomic mass is 16.4. The van der Waals surface area contributed by atoms with Gasteiger partial charge in [-0.25, -0.2) is 9.59 Å². The fourth-order valence-corrected chi connectivity index (χ4v) is 1.16. The lowest BCUT2D eigenvalue weighted by Crippen LogP contribution is -2.52. The normalized spacial score (nSPS) is 13.1. The quantitative estimate of drug-likeness (QED) is 0.746. The van der Waals surface area contributed by atoms with E-state index in [0.717, 1.165) is 0 Å². The summed E-state index contributed by atoms with van der Waals surface area (Å²) in [5, 5.41) is 11.6. The van der Waals surface area contributed by atoms with Crippen molar-refractivity contribution in [3.63, 3.8) is 0 Å². The second-order valence-electron chi connectivity index (χ2n) is 4.55. The van der Waals surface area contributed by atoms with Crippen LogP contribution in [0.5, 0.6) is 0 Å². The highest BCUT2D eigenvalue weighted by Crippen LogP contribution is 2.05. The lowest BCUT2D eigenvalue weighted by atomic mass is 10.1. The second kappa shape index (κ2) is 5.00. The summed E-state index contributed by atoms with van der Waals surface area (Å²) < 4.78 is 0. The van der Waals surface area contributed by atoms with E-state index in [-0.39, 0.29) is 11.6 Å². The number of carbonyl (C=O) groups is 2. The van der Waals surface area contributed by atoms with E-state index in [0.29, 0.717) is 6.42 Å². The largest absolute Gasteiger partial charge is 0.480 e. The van der Waals surface area contributed by atoms with E-state index in [1.54, 1.807) is 6.92 Å². The second-order valence-corrected chi connectivity index (χ2v) is 4.55. The molecule has 2 amide bonds. The van der Waals surface area contributed by atoms with Crippen molar-refractivity contribution in [2.75, 3.05) is 7.05 Å². The fraction of sp³-hybridized carbons (Fsp3) is 0.800. The summed E-state index contributed by atoms with van der Waals surface area (Å²) in [6.45, 7) is 7.28. The van der Waals surface area contributed by atoms with Gasteiger partial charge < -0.3 is 15.3 Å².